The molecule has 176 valence electrons. The summed E-state index contributed by atoms with van der Waals surface area (Å²) in [6.07, 6.45) is 1.02. The van der Waals surface area contributed by atoms with Crippen LogP contribution >= 0.6 is 0 Å². The summed E-state index contributed by atoms with van der Waals surface area (Å²) in [4.78, 5) is 25.0. The van der Waals surface area contributed by atoms with Gasteiger partial charge in [0.05, 0.1) is 4.90 Å². The average molecular weight is 474 g/mol. The van der Waals surface area contributed by atoms with Crippen LogP contribution in [0.5, 0.6) is 11.5 Å². The van der Waals surface area contributed by atoms with Crippen molar-refractivity contribution in [1.29, 1.82) is 0 Å². The van der Waals surface area contributed by atoms with E-state index >= 15 is 0 Å². The molecule has 4 rings (SSSR count). The van der Waals surface area contributed by atoms with Crippen LogP contribution in [-0.4, -0.2) is 57.4 Å². The molecule has 0 spiro atoms. The third kappa shape index (κ3) is 5.63. The molecule has 0 bridgehead atoms. The van der Waals surface area contributed by atoms with Gasteiger partial charge in [-0.15, -0.1) is 0 Å². The van der Waals surface area contributed by atoms with Gasteiger partial charge in [0.15, 0.2) is 11.5 Å². The molecule has 33 heavy (non-hydrogen) atoms. The van der Waals surface area contributed by atoms with E-state index in [-0.39, 0.29) is 35.6 Å². The van der Waals surface area contributed by atoms with E-state index in [9.17, 15) is 18.0 Å². The Balaban J connectivity index is 1.20. The minimum atomic E-state index is -3.54. The maximum Gasteiger partial charge on any atom is 0.243 e. The summed E-state index contributed by atoms with van der Waals surface area (Å²) in [6, 6.07) is 13.5. The van der Waals surface area contributed by atoms with Crippen molar-refractivity contribution in [3.8, 4) is 11.5 Å². The molecule has 2 aromatic carbocycles. The summed E-state index contributed by atoms with van der Waals surface area (Å²) in [7, 11) is -3.54. The summed E-state index contributed by atoms with van der Waals surface area (Å²) in [5.41, 5.74) is 0.600. The second kappa shape index (κ2) is 10.2. The Bertz CT molecular complexity index is 1100. The lowest BCUT2D eigenvalue weighted by Crippen LogP contribution is -2.43. The molecule has 2 N–H and O–H groups in total. The highest BCUT2D eigenvalue weighted by molar-refractivity contribution is 7.89. The topological polar surface area (TPSA) is 114 Å². The van der Waals surface area contributed by atoms with Crippen LogP contribution in [0.4, 0.5) is 5.69 Å². The summed E-state index contributed by atoms with van der Waals surface area (Å²) >= 11 is 0. The van der Waals surface area contributed by atoms with Gasteiger partial charge in [0.25, 0.3) is 0 Å². The maximum absolute atomic E-state index is 12.7. The molecule has 0 aliphatic carbocycles. The quantitative estimate of drug-likeness (QED) is 0.636. The zero-order chi connectivity index (χ0) is 23.3. The van der Waals surface area contributed by atoms with Crippen molar-refractivity contribution >= 4 is 27.5 Å². The van der Waals surface area contributed by atoms with Crippen LogP contribution in [0, 0.1) is 5.92 Å². The Morgan fingerprint density at radius 3 is 2.39 bits per heavy atom. The smallest absolute Gasteiger partial charge is 0.243 e. The number of anilines is 1. The van der Waals surface area contributed by atoms with E-state index in [1.54, 1.807) is 48.5 Å². The van der Waals surface area contributed by atoms with Crippen LogP contribution in [0.2, 0.25) is 0 Å². The monoisotopic (exact) mass is 473 g/mol. The number of hydrogen-bond donors (Lipinski definition) is 2. The van der Waals surface area contributed by atoms with Crippen LogP contribution in [0.25, 0.3) is 0 Å². The van der Waals surface area contributed by atoms with Crippen LogP contribution < -0.4 is 20.1 Å². The Labute approximate surface area is 193 Å². The predicted molar refractivity (Wildman–Crippen MR) is 122 cm³/mol. The normalized spacial score (nSPS) is 16.7. The second-order valence-electron chi connectivity index (χ2n) is 7.94. The Morgan fingerprint density at radius 2 is 1.67 bits per heavy atom. The number of hydrogen-bond acceptors (Lipinski definition) is 6. The summed E-state index contributed by atoms with van der Waals surface area (Å²) in [5.74, 6) is 0.588. The van der Waals surface area contributed by atoms with Gasteiger partial charge < -0.3 is 20.1 Å². The van der Waals surface area contributed by atoms with Crippen molar-refractivity contribution in [3.05, 3.63) is 48.5 Å². The number of fused-ring (bicyclic) bond motifs is 1. The van der Waals surface area contributed by atoms with Crippen molar-refractivity contribution in [3.63, 3.8) is 0 Å². The molecule has 9 nitrogen and oxygen atoms in total. The molecule has 2 aromatic rings. The lowest BCUT2D eigenvalue weighted by molar-refractivity contribution is -0.126. The van der Waals surface area contributed by atoms with Crippen LogP contribution in [0.3, 0.4) is 0 Å². The fraction of sp³-hybridized carbons (Fsp3) is 0.391. The van der Waals surface area contributed by atoms with E-state index in [1.807, 2.05) is 0 Å². The van der Waals surface area contributed by atoms with Crippen molar-refractivity contribution in [2.75, 3.05) is 38.2 Å². The van der Waals surface area contributed by atoms with Gasteiger partial charge >= 0.3 is 0 Å². The number of amides is 2. The Kier molecular flexibility index (Phi) is 7.14. The first-order chi connectivity index (χ1) is 15.9. The molecule has 2 amide bonds. The van der Waals surface area contributed by atoms with Gasteiger partial charge in [-0.25, -0.2) is 8.42 Å². The zero-order valence-electron chi connectivity index (χ0n) is 18.2. The van der Waals surface area contributed by atoms with Crippen molar-refractivity contribution in [1.82, 2.24) is 9.62 Å². The summed E-state index contributed by atoms with van der Waals surface area (Å²) < 4.78 is 37.8. The molecular weight excluding hydrogens is 446 g/mol. The first-order valence-electron chi connectivity index (χ1n) is 11.0. The fourth-order valence-corrected chi connectivity index (χ4v) is 5.38. The highest BCUT2D eigenvalue weighted by Gasteiger charge is 2.31. The van der Waals surface area contributed by atoms with Crippen LogP contribution in [0.1, 0.15) is 19.3 Å². The third-order valence-corrected chi connectivity index (χ3v) is 7.60. The standard InChI is InChI=1S/C23H27N3O6S/c27-22(25-18-6-7-20-21(16-18)32-15-14-31-20)8-11-24-23(28)17-9-12-26(13-10-17)33(29,30)19-4-2-1-3-5-19/h1-7,16-17H,8-15H2,(H,24,28)(H,25,27). The summed E-state index contributed by atoms with van der Waals surface area (Å²) in [6.45, 7) is 1.76. The molecule has 0 atom stereocenters. The fourth-order valence-electron chi connectivity index (χ4n) is 3.89. The van der Waals surface area contributed by atoms with E-state index < -0.39 is 10.0 Å². The predicted octanol–water partition coefficient (Wildman–Crippen LogP) is 2.00. The van der Waals surface area contributed by atoms with Crippen molar-refractivity contribution < 1.29 is 27.5 Å². The largest absolute Gasteiger partial charge is 0.486 e. The SMILES string of the molecule is O=C(CCNC(=O)C1CCN(S(=O)(=O)c2ccccc2)CC1)Nc1ccc2c(c1)OCCO2. The van der Waals surface area contributed by atoms with Crippen molar-refractivity contribution in [2.24, 2.45) is 5.92 Å². The molecule has 0 unspecified atom stereocenters. The molecule has 0 saturated carbocycles. The number of benzene rings is 2. The van der Waals surface area contributed by atoms with Crippen molar-refractivity contribution in [2.45, 2.75) is 24.2 Å². The molecule has 0 aromatic heterocycles. The first-order valence-corrected chi connectivity index (χ1v) is 12.4. The zero-order valence-corrected chi connectivity index (χ0v) is 19.0. The van der Waals surface area contributed by atoms with E-state index in [2.05, 4.69) is 10.6 Å². The number of carbonyl (C=O) groups is 2. The van der Waals surface area contributed by atoms with Gasteiger partial charge in [-0.05, 0) is 37.1 Å². The Hall–Kier alpha value is -3.11. The Morgan fingerprint density at radius 1 is 0.970 bits per heavy atom. The number of piperidine rings is 1. The highest BCUT2D eigenvalue weighted by Crippen LogP contribution is 2.32. The molecule has 2 aliphatic heterocycles. The highest BCUT2D eigenvalue weighted by atomic mass is 32.2. The van der Waals surface area contributed by atoms with Gasteiger partial charge in [0, 0.05) is 43.7 Å². The van der Waals surface area contributed by atoms with Gasteiger partial charge in [-0.2, -0.15) is 4.31 Å². The van der Waals surface area contributed by atoms with E-state index in [0.717, 1.165) is 0 Å². The van der Waals surface area contributed by atoms with Crippen LogP contribution in [0.15, 0.2) is 53.4 Å². The number of nitrogens with zero attached hydrogens (tertiary/aromatic N) is 1. The second-order valence-corrected chi connectivity index (χ2v) is 9.88. The van der Waals surface area contributed by atoms with Gasteiger partial charge in [0.1, 0.15) is 13.2 Å². The number of rotatable bonds is 7. The van der Waals surface area contributed by atoms with Crippen LogP contribution in [-0.2, 0) is 19.6 Å². The minimum Gasteiger partial charge on any atom is -0.486 e. The summed E-state index contributed by atoms with van der Waals surface area (Å²) in [5, 5.41) is 5.58. The molecule has 10 heteroatoms. The van der Waals surface area contributed by atoms with Gasteiger partial charge in [-0.1, -0.05) is 18.2 Å². The number of nitrogens with one attached hydrogen (secondary N) is 2. The molecule has 2 aliphatic rings. The lowest BCUT2D eigenvalue weighted by atomic mass is 9.97. The number of sulfonamides is 1. The van der Waals surface area contributed by atoms with E-state index in [1.165, 1.54) is 4.31 Å². The molecule has 1 fully saturated rings. The lowest BCUT2D eigenvalue weighted by Gasteiger charge is -2.30. The molecule has 0 radical (unpaired) electrons. The number of carbonyl (C=O) groups excluding carboxylic acids is 2. The van der Waals surface area contributed by atoms with E-state index in [4.69, 9.17) is 9.47 Å². The first kappa shape index (κ1) is 23.1. The average Bonchev–Trinajstić information content (AvgIpc) is 2.84. The van der Waals surface area contributed by atoms with Gasteiger partial charge in [-0.3, -0.25) is 9.59 Å². The number of ether oxygens (including phenoxy) is 2. The molecular formula is C23H27N3O6S. The molecule has 2 heterocycles. The third-order valence-electron chi connectivity index (χ3n) is 5.68. The minimum absolute atomic E-state index is 0.126. The molecule has 1 saturated heterocycles. The van der Waals surface area contributed by atoms with E-state index in [0.29, 0.717) is 56.3 Å². The maximum atomic E-state index is 12.7. The van der Waals surface area contributed by atoms with Gasteiger partial charge in [0.2, 0.25) is 21.8 Å².